The number of aryl methyl sites for hydroxylation is 1. The molecule has 0 aliphatic carbocycles. The van der Waals surface area contributed by atoms with Gasteiger partial charge in [0.25, 0.3) is 5.91 Å². The van der Waals surface area contributed by atoms with Crippen molar-refractivity contribution < 1.29 is 4.79 Å². The Bertz CT molecular complexity index is 1240. The zero-order valence-electron chi connectivity index (χ0n) is 15.8. The van der Waals surface area contributed by atoms with Crippen LogP contribution in [0.1, 0.15) is 6.42 Å². The van der Waals surface area contributed by atoms with E-state index in [0.29, 0.717) is 24.5 Å². The highest BCUT2D eigenvalue weighted by Gasteiger charge is 2.07. The summed E-state index contributed by atoms with van der Waals surface area (Å²) in [7, 11) is 0. The molecule has 0 saturated carbocycles. The summed E-state index contributed by atoms with van der Waals surface area (Å²) >= 11 is 3.46. The Balaban J connectivity index is 1.47. The second-order valence-electron chi connectivity index (χ2n) is 6.40. The van der Waals surface area contributed by atoms with Gasteiger partial charge in [-0.05, 0) is 42.3 Å². The Morgan fingerprint density at radius 2 is 2.07 bits per heavy atom. The van der Waals surface area contributed by atoms with Crippen molar-refractivity contribution >= 4 is 49.9 Å². The SMILES string of the molecule is O=C(C#CCCn1ccnc1)Nc1ccc2ncnc(Nc3cccc(Br)c3)c2c1. The highest BCUT2D eigenvalue weighted by atomic mass is 79.9. The Hall–Kier alpha value is -3.70. The molecule has 0 bridgehead atoms. The Kier molecular flexibility index (Phi) is 6.01. The minimum absolute atomic E-state index is 0.363. The molecule has 4 rings (SSSR count). The molecule has 7 nitrogen and oxygen atoms in total. The first-order valence-electron chi connectivity index (χ1n) is 9.20. The first-order valence-corrected chi connectivity index (χ1v) is 10.00. The third-order valence-corrected chi connectivity index (χ3v) is 4.73. The molecular weight excluding hydrogens is 444 g/mol. The minimum Gasteiger partial charge on any atom is -0.340 e. The number of amides is 1. The number of benzene rings is 2. The van der Waals surface area contributed by atoms with Crippen molar-refractivity contribution in [3.63, 3.8) is 0 Å². The lowest BCUT2D eigenvalue weighted by molar-refractivity contribution is -0.111. The lowest BCUT2D eigenvalue weighted by atomic mass is 10.2. The van der Waals surface area contributed by atoms with Crippen LogP contribution in [0, 0.1) is 11.8 Å². The van der Waals surface area contributed by atoms with E-state index >= 15 is 0 Å². The number of rotatable bonds is 5. The number of hydrogen-bond donors (Lipinski definition) is 2. The molecule has 1 amide bonds. The minimum atomic E-state index is -0.363. The number of anilines is 3. The van der Waals surface area contributed by atoms with E-state index in [1.165, 1.54) is 6.33 Å². The monoisotopic (exact) mass is 460 g/mol. The van der Waals surface area contributed by atoms with E-state index in [0.717, 1.165) is 21.1 Å². The highest BCUT2D eigenvalue weighted by Crippen LogP contribution is 2.26. The maximum Gasteiger partial charge on any atom is 0.300 e. The fourth-order valence-electron chi connectivity index (χ4n) is 2.85. The molecule has 4 aromatic rings. The van der Waals surface area contributed by atoms with E-state index in [1.807, 2.05) is 47.2 Å². The number of nitrogens with one attached hydrogen (secondary N) is 2. The molecule has 0 aliphatic heterocycles. The van der Waals surface area contributed by atoms with Crippen molar-refractivity contribution in [3.05, 3.63) is 72.0 Å². The van der Waals surface area contributed by atoms with Crippen LogP contribution in [-0.2, 0) is 11.3 Å². The van der Waals surface area contributed by atoms with Gasteiger partial charge in [0.1, 0.15) is 12.1 Å². The average molecular weight is 461 g/mol. The number of carbonyl (C=O) groups is 1. The van der Waals surface area contributed by atoms with Crippen molar-refractivity contribution in [2.45, 2.75) is 13.0 Å². The summed E-state index contributed by atoms with van der Waals surface area (Å²) in [6.07, 6.45) is 7.36. The lowest BCUT2D eigenvalue weighted by Gasteiger charge is -2.10. The van der Waals surface area contributed by atoms with E-state index in [1.54, 1.807) is 18.6 Å². The van der Waals surface area contributed by atoms with Gasteiger partial charge in [0.05, 0.1) is 11.8 Å². The van der Waals surface area contributed by atoms with Crippen molar-refractivity contribution in [2.75, 3.05) is 10.6 Å². The van der Waals surface area contributed by atoms with Crippen LogP contribution in [0.3, 0.4) is 0 Å². The molecule has 30 heavy (non-hydrogen) atoms. The zero-order chi connectivity index (χ0) is 20.8. The molecular formula is C22H17BrN6O. The van der Waals surface area contributed by atoms with E-state index in [4.69, 9.17) is 0 Å². The summed E-state index contributed by atoms with van der Waals surface area (Å²) in [6, 6.07) is 13.3. The molecule has 0 radical (unpaired) electrons. The number of halogens is 1. The number of aromatic nitrogens is 4. The van der Waals surface area contributed by atoms with Crippen molar-refractivity contribution in [3.8, 4) is 11.8 Å². The first-order chi connectivity index (χ1) is 14.7. The standard InChI is InChI=1S/C22H17BrN6O/c23-16-4-3-5-17(12-16)28-22-19-13-18(7-8-20(19)25-14-26-22)27-21(30)6-1-2-10-29-11-9-24-15-29/h3-5,7-9,11-15H,2,10H2,(H,27,30)(H,25,26,28). The molecule has 2 aromatic carbocycles. The molecule has 2 heterocycles. The van der Waals surface area contributed by atoms with Gasteiger partial charge in [-0.2, -0.15) is 0 Å². The molecule has 0 atom stereocenters. The summed E-state index contributed by atoms with van der Waals surface area (Å²) < 4.78 is 2.88. The highest BCUT2D eigenvalue weighted by molar-refractivity contribution is 9.10. The van der Waals surface area contributed by atoms with Gasteiger partial charge < -0.3 is 15.2 Å². The number of carbonyl (C=O) groups excluding carboxylic acids is 1. The number of imidazole rings is 1. The molecule has 0 unspecified atom stereocenters. The molecule has 0 spiro atoms. The lowest BCUT2D eigenvalue weighted by Crippen LogP contribution is -2.08. The Morgan fingerprint density at radius 3 is 2.90 bits per heavy atom. The third kappa shape index (κ3) is 5.01. The number of hydrogen-bond acceptors (Lipinski definition) is 5. The predicted octanol–water partition coefficient (Wildman–Crippen LogP) is 4.36. The van der Waals surface area contributed by atoms with E-state index in [2.05, 4.69) is 53.4 Å². The molecule has 2 aromatic heterocycles. The zero-order valence-corrected chi connectivity index (χ0v) is 17.4. The normalized spacial score (nSPS) is 10.3. The van der Waals surface area contributed by atoms with Crippen molar-refractivity contribution in [1.82, 2.24) is 19.5 Å². The molecule has 8 heteroatoms. The van der Waals surface area contributed by atoms with E-state index in [9.17, 15) is 4.79 Å². The second-order valence-corrected chi connectivity index (χ2v) is 7.31. The second kappa shape index (κ2) is 9.20. The van der Waals surface area contributed by atoms with Crippen LogP contribution in [0.2, 0.25) is 0 Å². The maximum atomic E-state index is 12.2. The van der Waals surface area contributed by atoms with Gasteiger partial charge in [-0.25, -0.2) is 15.0 Å². The van der Waals surface area contributed by atoms with Gasteiger partial charge in [-0.15, -0.1) is 0 Å². The van der Waals surface area contributed by atoms with Crippen LogP contribution in [0.5, 0.6) is 0 Å². The fraction of sp³-hybridized carbons (Fsp3) is 0.0909. The molecule has 0 fully saturated rings. The van der Waals surface area contributed by atoms with Crippen LogP contribution in [0.4, 0.5) is 17.2 Å². The quantitative estimate of drug-likeness (QED) is 0.432. The number of nitrogens with zero attached hydrogens (tertiary/aromatic N) is 4. The maximum absolute atomic E-state index is 12.2. The third-order valence-electron chi connectivity index (χ3n) is 4.24. The molecule has 2 N–H and O–H groups in total. The van der Waals surface area contributed by atoms with E-state index in [-0.39, 0.29) is 5.91 Å². The molecule has 0 saturated heterocycles. The topological polar surface area (TPSA) is 84.7 Å². The fourth-order valence-corrected chi connectivity index (χ4v) is 3.25. The van der Waals surface area contributed by atoms with Gasteiger partial charge in [0.2, 0.25) is 0 Å². The van der Waals surface area contributed by atoms with Crippen LogP contribution in [0.25, 0.3) is 10.9 Å². The molecule has 0 aliphatic rings. The van der Waals surface area contributed by atoms with Crippen LogP contribution in [-0.4, -0.2) is 25.4 Å². The first kappa shape index (κ1) is 19.6. The summed E-state index contributed by atoms with van der Waals surface area (Å²) in [4.78, 5) is 24.8. The summed E-state index contributed by atoms with van der Waals surface area (Å²) in [5.41, 5.74) is 2.29. The van der Waals surface area contributed by atoms with Gasteiger partial charge in [-0.1, -0.05) is 27.9 Å². The van der Waals surface area contributed by atoms with Gasteiger partial charge in [0, 0.05) is 46.6 Å². The smallest absolute Gasteiger partial charge is 0.300 e. The summed E-state index contributed by atoms with van der Waals surface area (Å²) in [5, 5.41) is 6.89. The van der Waals surface area contributed by atoms with Crippen LogP contribution in [0.15, 0.2) is 72.0 Å². The van der Waals surface area contributed by atoms with Crippen molar-refractivity contribution in [2.24, 2.45) is 0 Å². The van der Waals surface area contributed by atoms with Gasteiger partial charge >= 0.3 is 0 Å². The van der Waals surface area contributed by atoms with Gasteiger partial charge in [-0.3, -0.25) is 4.79 Å². The molecule has 148 valence electrons. The van der Waals surface area contributed by atoms with Crippen molar-refractivity contribution in [1.29, 1.82) is 0 Å². The predicted molar refractivity (Wildman–Crippen MR) is 120 cm³/mol. The summed E-state index contributed by atoms with van der Waals surface area (Å²) in [5.74, 6) is 5.79. The van der Waals surface area contributed by atoms with Gasteiger partial charge in [0.15, 0.2) is 0 Å². The largest absolute Gasteiger partial charge is 0.340 e. The number of fused-ring (bicyclic) bond motifs is 1. The van der Waals surface area contributed by atoms with E-state index < -0.39 is 0 Å². The average Bonchev–Trinajstić information content (AvgIpc) is 3.25. The van der Waals surface area contributed by atoms with Crippen LogP contribution >= 0.6 is 15.9 Å². The summed E-state index contributed by atoms with van der Waals surface area (Å²) in [6.45, 7) is 0.693. The van der Waals surface area contributed by atoms with Crippen LogP contribution < -0.4 is 10.6 Å². The Labute approximate surface area is 181 Å². The Morgan fingerprint density at radius 1 is 1.13 bits per heavy atom.